The van der Waals surface area contributed by atoms with Crippen LogP contribution in [-0.4, -0.2) is 18.1 Å². The van der Waals surface area contributed by atoms with Gasteiger partial charge < -0.3 is 4.74 Å². The molecule has 3 nitrogen and oxygen atoms in total. The van der Waals surface area contributed by atoms with E-state index in [1.54, 1.807) is 0 Å². The van der Waals surface area contributed by atoms with Crippen molar-refractivity contribution < 1.29 is 13.9 Å². The van der Waals surface area contributed by atoms with Crippen LogP contribution >= 0.6 is 11.6 Å². The Balaban J connectivity index is 3.16. The Labute approximate surface area is 73.1 Å². The first-order valence-electron chi connectivity index (χ1n) is 3.04. The van der Waals surface area contributed by atoms with Crippen molar-refractivity contribution in [2.45, 2.75) is 0 Å². The normalized spacial score (nSPS) is 9.58. The highest BCUT2D eigenvalue weighted by atomic mass is 35.5. The highest BCUT2D eigenvalue weighted by Crippen LogP contribution is 2.16. The molecule has 0 spiro atoms. The van der Waals surface area contributed by atoms with Gasteiger partial charge in [0.2, 0.25) is 0 Å². The molecule has 1 aromatic heterocycles. The van der Waals surface area contributed by atoms with Gasteiger partial charge in [0.05, 0.1) is 12.1 Å². The summed E-state index contributed by atoms with van der Waals surface area (Å²) in [5.74, 6) is -1.60. The first kappa shape index (κ1) is 8.93. The van der Waals surface area contributed by atoms with E-state index in [1.165, 1.54) is 0 Å². The van der Waals surface area contributed by atoms with Gasteiger partial charge in [-0.05, 0) is 0 Å². The van der Waals surface area contributed by atoms with Crippen LogP contribution in [0.3, 0.4) is 0 Å². The van der Waals surface area contributed by atoms with Gasteiger partial charge in [0.25, 0.3) is 0 Å². The molecule has 0 aromatic carbocycles. The fourth-order valence-electron chi connectivity index (χ4n) is 0.672. The Hall–Kier alpha value is -1.16. The van der Waals surface area contributed by atoms with Gasteiger partial charge in [0.1, 0.15) is 5.56 Å². The summed E-state index contributed by atoms with van der Waals surface area (Å²) in [7, 11) is 1.16. The van der Waals surface area contributed by atoms with Crippen LogP contribution < -0.4 is 0 Å². The van der Waals surface area contributed by atoms with Crippen LogP contribution in [0.2, 0.25) is 5.02 Å². The van der Waals surface area contributed by atoms with E-state index in [0.29, 0.717) is 0 Å². The number of methoxy groups -OCH3 is 1. The van der Waals surface area contributed by atoms with Crippen LogP contribution in [0.1, 0.15) is 10.4 Å². The van der Waals surface area contributed by atoms with Gasteiger partial charge in [0, 0.05) is 12.4 Å². The number of nitrogens with zero attached hydrogens (tertiary/aromatic N) is 1. The maximum Gasteiger partial charge on any atom is 0.342 e. The number of esters is 1. The second kappa shape index (κ2) is 3.49. The summed E-state index contributed by atoms with van der Waals surface area (Å²) < 4.78 is 17.3. The summed E-state index contributed by atoms with van der Waals surface area (Å²) >= 11 is 5.37. The van der Waals surface area contributed by atoms with Crippen molar-refractivity contribution in [1.29, 1.82) is 0 Å². The Morgan fingerprint density at radius 3 is 2.92 bits per heavy atom. The van der Waals surface area contributed by atoms with Gasteiger partial charge in [-0.3, -0.25) is 4.98 Å². The molecule has 12 heavy (non-hydrogen) atoms. The Kier molecular flexibility index (Phi) is 2.60. The highest BCUT2D eigenvalue weighted by molar-refractivity contribution is 6.30. The van der Waals surface area contributed by atoms with E-state index in [2.05, 4.69) is 9.72 Å². The SMILES string of the molecule is COC(=O)c1cncc(Cl)c1F. The molecule has 1 aromatic rings. The smallest absolute Gasteiger partial charge is 0.342 e. The minimum atomic E-state index is -0.807. The predicted molar refractivity (Wildman–Crippen MR) is 40.5 cm³/mol. The minimum Gasteiger partial charge on any atom is -0.465 e. The van der Waals surface area contributed by atoms with Crippen molar-refractivity contribution >= 4 is 17.6 Å². The Morgan fingerprint density at radius 1 is 1.67 bits per heavy atom. The lowest BCUT2D eigenvalue weighted by Crippen LogP contribution is -2.05. The molecule has 1 rings (SSSR count). The molecule has 0 amide bonds. The zero-order valence-corrected chi connectivity index (χ0v) is 6.93. The zero-order valence-electron chi connectivity index (χ0n) is 6.17. The molecule has 0 N–H and O–H groups in total. The van der Waals surface area contributed by atoms with E-state index < -0.39 is 11.8 Å². The number of halogens is 2. The van der Waals surface area contributed by atoms with Gasteiger partial charge in [-0.2, -0.15) is 0 Å². The quantitative estimate of drug-likeness (QED) is 0.631. The van der Waals surface area contributed by atoms with Crippen molar-refractivity contribution in [1.82, 2.24) is 4.98 Å². The second-order valence-electron chi connectivity index (χ2n) is 1.97. The molecule has 0 aliphatic rings. The monoisotopic (exact) mass is 189 g/mol. The average molecular weight is 190 g/mol. The molecule has 0 radical (unpaired) electrons. The van der Waals surface area contributed by atoms with E-state index in [4.69, 9.17) is 11.6 Å². The highest BCUT2D eigenvalue weighted by Gasteiger charge is 2.14. The van der Waals surface area contributed by atoms with Gasteiger partial charge in [-0.25, -0.2) is 9.18 Å². The van der Waals surface area contributed by atoms with Crippen LogP contribution in [0.5, 0.6) is 0 Å². The lowest BCUT2D eigenvalue weighted by Gasteiger charge is -2.00. The number of carbonyl (C=O) groups is 1. The van der Waals surface area contributed by atoms with E-state index in [0.717, 1.165) is 19.5 Å². The molecule has 0 aliphatic heterocycles. The lowest BCUT2D eigenvalue weighted by molar-refractivity contribution is 0.0595. The van der Waals surface area contributed by atoms with Crippen LogP contribution in [0.15, 0.2) is 12.4 Å². The molecular formula is C7H5ClFNO2. The lowest BCUT2D eigenvalue weighted by atomic mass is 10.3. The van der Waals surface area contributed by atoms with E-state index in [9.17, 15) is 9.18 Å². The second-order valence-corrected chi connectivity index (χ2v) is 2.38. The summed E-state index contributed by atoms with van der Waals surface area (Å²) in [5.41, 5.74) is -0.259. The molecule has 0 aliphatic carbocycles. The van der Waals surface area contributed by atoms with Gasteiger partial charge in [0.15, 0.2) is 5.82 Å². The number of aromatic nitrogens is 1. The molecule has 0 atom stereocenters. The molecule has 0 unspecified atom stereocenters. The van der Waals surface area contributed by atoms with Crippen molar-refractivity contribution in [3.63, 3.8) is 0 Å². The Morgan fingerprint density at radius 2 is 2.33 bits per heavy atom. The van der Waals surface area contributed by atoms with Crippen molar-refractivity contribution in [2.24, 2.45) is 0 Å². The van der Waals surface area contributed by atoms with Crippen LogP contribution in [0, 0.1) is 5.82 Å². The van der Waals surface area contributed by atoms with Crippen LogP contribution in [-0.2, 0) is 4.74 Å². The standard InChI is InChI=1S/C7H5ClFNO2/c1-12-7(11)4-2-10-3-5(8)6(4)9/h2-3H,1H3. The van der Waals surface area contributed by atoms with E-state index >= 15 is 0 Å². The number of hydrogen-bond acceptors (Lipinski definition) is 3. The largest absolute Gasteiger partial charge is 0.465 e. The number of rotatable bonds is 1. The predicted octanol–water partition coefficient (Wildman–Crippen LogP) is 1.66. The van der Waals surface area contributed by atoms with Gasteiger partial charge in [-0.1, -0.05) is 11.6 Å². The Bertz CT molecular complexity index is 316. The third-order valence-electron chi connectivity index (χ3n) is 1.24. The van der Waals surface area contributed by atoms with Crippen molar-refractivity contribution in [3.8, 4) is 0 Å². The summed E-state index contributed by atoms with van der Waals surface area (Å²) in [6.45, 7) is 0. The third-order valence-corrected chi connectivity index (χ3v) is 1.51. The zero-order chi connectivity index (χ0) is 9.14. The van der Waals surface area contributed by atoms with Crippen molar-refractivity contribution in [3.05, 3.63) is 28.8 Å². The molecule has 5 heteroatoms. The summed E-state index contributed by atoms with van der Waals surface area (Å²) in [5, 5.41) is -0.196. The maximum atomic E-state index is 13.0. The number of pyridine rings is 1. The minimum absolute atomic E-state index is 0.196. The molecule has 1 heterocycles. The van der Waals surface area contributed by atoms with Gasteiger partial charge >= 0.3 is 5.97 Å². The maximum absolute atomic E-state index is 13.0. The molecule has 0 saturated heterocycles. The first-order valence-corrected chi connectivity index (χ1v) is 3.42. The topological polar surface area (TPSA) is 39.2 Å². The molecule has 0 saturated carbocycles. The summed E-state index contributed by atoms with van der Waals surface area (Å²) in [6, 6.07) is 0. The number of ether oxygens (including phenoxy) is 1. The molecule has 0 bridgehead atoms. The first-order chi connectivity index (χ1) is 5.66. The summed E-state index contributed by atoms with van der Waals surface area (Å²) in [6.07, 6.45) is 2.18. The molecular weight excluding hydrogens is 185 g/mol. The van der Waals surface area contributed by atoms with E-state index in [1.807, 2.05) is 0 Å². The number of carbonyl (C=O) groups excluding carboxylic acids is 1. The van der Waals surface area contributed by atoms with E-state index in [-0.39, 0.29) is 10.6 Å². The van der Waals surface area contributed by atoms with Crippen LogP contribution in [0.4, 0.5) is 4.39 Å². The third kappa shape index (κ3) is 1.53. The number of hydrogen-bond donors (Lipinski definition) is 0. The van der Waals surface area contributed by atoms with Gasteiger partial charge in [-0.15, -0.1) is 0 Å². The van der Waals surface area contributed by atoms with Crippen LogP contribution in [0.25, 0.3) is 0 Å². The fraction of sp³-hybridized carbons (Fsp3) is 0.143. The average Bonchev–Trinajstić information content (AvgIpc) is 2.08. The molecule has 64 valence electrons. The summed E-state index contributed by atoms with van der Waals surface area (Å²) in [4.78, 5) is 14.4. The molecule has 0 fully saturated rings. The van der Waals surface area contributed by atoms with Crippen molar-refractivity contribution in [2.75, 3.05) is 7.11 Å². The fourth-order valence-corrected chi connectivity index (χ4v) is 0.830.